The summed E-state index contributed by atoms with van der Waals surface area (Å²) < 4.78 is 0. The van der Waals surface area contributed by atoms with E-state index in [1.165, 1.54) is 0 Å². The molecule has 0 radical (unpaired) electrons. The molecule has 0 aromatic rings. The number of rotatable bonds is 4. The molecule has 0 aromatic carbocycles. The molecule has 0 bridgehead atoms. The summed E-state index contributed by atoms with van der Waals surface area (Å²) in [6, 6.07) is 0. The molecule has 6 nitrogen and oxygen atoms in total. The van der Waals surface area contributed by atoms with Crippen LogP contribution in [0.1, 0.15) is 26.7 Å². The second-order valence-electron chi connectivity index (χ2n) is 6.56. The summed E-state index contributed by atoms with van der Waals surface area (Å²) in [6.07, 6.45) is 1.62. The minimum Gasteiger partial charge on any atom is -0.481 e. The molecule has 0 aromatic heterocycles. The number of aliphatic carboxylic acids is 1. The van der Waals surface area contributed by atoms with Crippen molar-refractivity contribution in [3.63, 3.8) is 0 Å². The third-order valence-corrected chi connectivity index (χ3v) is 4.98. The Bertz CT molecular complexity index is 392. The highest BCUT2D eigenvalue weighted by atomic mass is 16.4. The number of carbonyl (C=O) groups excluding carboxylic acids is 1. The van der Waals surface area contributed by atoms with E-state index in [2.05, 4.69) is 10.2 Å². The van der Waals surface area contributed by atoms with E-state index in [1.807, 2.05) is 13.8 Å². The van der Waals surface area contributed by atoms with Gasteiger partial charge in [-0.1, -0.05) is 13.8 Å². The van der Waals surface area contributed by atoms with Gasteiger partial charge in [0.1, 0.15) is 0 Å². The van der Waals surface area contributed by atoms with E-state index in [4.69, 9.17) is 0 Å². The van der Waals surface area contributed by atoms with Crippen molar-refractivity contribution in [1.29, 1.82) is 0 Å². The van der Waals surface area contributed by atoms with Gasteiger partial charge in [-0.3, -0.25) is 14.5 Å². The molecule has 1 atom stereocenters. The van der Waals surface area contributed by atoms with Gasteiger partial charge in [0.2, 0.25) is 5.91 Å². The van der Waals surface area contributed by atoms with Crippen LogP contribution < -0.4 is 5.32 Å². The summed E-state index contributed by atoms with van der Waals surface area (Å²) >= 11 is 0. The van der Waals surface area contributed by atoms with Crippen LogP contribution in [0, 0.1) is 11.3 Å². The standard InChI is InChI=1S/C15H27N3O3/c1-12(2)15(14(20)21)4-8-18(11-15)13(19)10-17-7-3-5-16-6-9-17/h12,16H,3-11H2,1-2H3,(H,20,21). The van der Waals surface area contributed by atoms with E-state index in [1.54, 1.807) is 4.90 Å². The monoisotopic (exact) mass is 297 g/mol. The van der Waals surface area contributed by atoms with Crippen molar-refractivity contribution < 1.29 is 14.7 Å². The summed E-state index contributed by atoms with van der Waals surface area (Å²) in [5.41, 5.74) is -0.768. The van der Waals surface area contributed by atoms with Crippen LogP contribution in [0.2, 0.25) is 0 Å². The summed E-state index contributed by atoms with van der Waals surface area (Å²) in [7, 11) is 0. The number of amides is 1. The first-order chi connectivity index (χ1) is 9.95. The Hall–Kier alpha value is -1.14. The molecule has 2 fully saturated rings. The molecule has 6 heteroatoms. The Morgan fingerprint density at radius 1 is 1.24 bits per heavy atom. The summed E-state index contributed by atoms with van der Waals surface area (Å²) in [5.74, 6) is -0.664. The van der Waals surface area contributed by atoms with E-state index in [0.717, 1.165) is 32.6 Å². The normalized spacial score (nSPS) is 27.9. The zero-order valence-electron chi connectivity index (χ0n) is 13.1. The fourth-order valence-corrected chi connectivity index (χ4v) is 3.29. The van der Waals surface area contributed by atoms with Crippen LogP contribution in [-0.4, -0.2) is 72.6 Å². The second-order valence-corrected chi connectivity index (χ2v) is 6.56. The predicted molar refractivity (Wildman–Crippen MR) is 80.0 cm³/mol. The Balaban J connectivity index is 1.93. The van der Waals surface area contributed by atoms with Crippen molar-refractivity contribution in [2.24, 2.45) is 11.3 Å². The van der Waals surface area contributed by atoms with Gasteiger partial charge in [-0.15, -0.1) is 0 Å². The number of nitrogens with zero attached hydrogens (tertiary/aromatic N) is 2. The number of carbonyl (C=O) groups is 2. The van der Waals surface area contributed by atoms with Crippen molar-refractivity contribution in [2.75, 3.05) is 45.8 Å². The Labute approximate surface area is 126 Å². The lowest BCUT2D eigenvalue weighted by atomic mass is 9.76. The fraction of sp³-hybridized carbons (Fsp3) is 0.867. The highest BCUT2D eigenvalue weighted by Crippen LogP contribution is 2.38. The van der Waals surface area contributed by atoms with Gasteiger partial charge in [-0.2, -0.15) is 0 Å². The van der Waals surface area contributed by atoms with Crippen LogP contribution in [0.3, 0.4) is 0 Å². The molecule has 2 aliphatic rings. The Kier molecular flexibility index (Phi) is 5.22. The number of carboxylic acid groups (broad SMARTS) is 1. The summed E-state index contributed by atoms with van der Waals surface area (Å²) in [6.45, 7) is 8.93. The summed E-state index contributed by atoms with van der Waals surface area (Å²) in [5, 5.41) is 12.9. The van der Waals surface area contributed by atoms with Crippen molar-refractivity contribution >= 4 is 11.9 Å². The molecule has 21 heavy (non-hydrogen) atoms. The zero-order valence-corrected chi connectivity index (χ0v) is 13.1. The van der Waals surface area contributed by atoms with Gasteiger partial charge in [0.05, 0.1) is 12.0 Å². The fourth-order valence-electron chi connectivity index (χ4n) is 3.29. The molecule has 2 saturated heterocycles. The maximum Gasteiger partial charge on any atom is 0.311 e. The second kappa shape index (κ2) is 6.75. The maximum absolute atomic E-state index is 12.4. The van der Waals surface area contributed by atoms with Crippen molar-refractivity contribution in [3.8, 4) is 0 Å². The predicted octanol–water partition coefficient (Wildman–Crippen LogP) is 0.241. The zero-order chi connectivity index (χ0) is 15.5. The van der Waals surface area contributed by atoms with Crippen LogP contribution in [0.5, 0.6) is 0 Å². The van der Waals surface area contributed by atoms with Gasteiger partial charge < -0.3 is 15.3 Å². The van der Waals surface area contributed by atoms with Gasteiger partial charge in [0.25, 0.3) is 0 Å². The largest absolute Gasteiger partial charge is 0.481 e. The number of hydrogen-bond acceptors (Lipinski definition) is 4. The van der Waals surface area contributed by atoms with Crippen LogP contribution in [0.4, 0.5) is 0 Å². The molecular weight excluding hydrogens is 270 g/mol. The lowest BCUT2D eigenvalue weighted by Gasteiger charge is -2.29. The first-order valence-electron chi connectivity index (χ1n) is 7.90. The number of carboxylic acids is 1. The third-order valence-electron chi connectivity index (χ3n) is 4.98. The van der Waals surface area contributed by atoms with Crippen molar-refractivity contribution in [1.82, 2.24) is 15.1 Å². The first kappa shape index (κ1) is 16.2. The Morgan fingerprint density at radius 2 is 2.00 bits per heavy atom. The van der Waals surface area contributed by atoms with Crippen LogP contribution in [0.25, 0.3) is 0 Å². The molecule has 0 spiro atoms. The molecule has 2 N–H and O–H groups in total. The molecule has 1 unspecified atom stereocenters. The number of hydrogen-bond donors (Lipinski definition) is 2. The summed E-state index contributed by atoms with van der Waals surface area (Å²) in [4.78, 5) is 27.9. The van der Waals surface area contributed by atoms with Crippen LogP contribution >= 0.6 is 0 Å². The number of likely N-dealkylation sites (tertiary alicyclic amines) is 1. The molecule has 2 rings (SSSR count). The van der Waals surface area contributed by atoms with E-state index >= 15 is 0 Å². The van der Waals surface area contributed by atoms with Crippen molar-refractivity contribution in [2.45, 2.75) is 26.7 Å². The lowest BCUT2D eigenvalue weighted by molar-refractivity contribution is -0.151. The average Bonchev–Trinajstić information content (AvgIpc) is 2.75. The third kappa shape index (κ3) is 3.55. The topological polar surface area (TPSA) is 72.9 Å². The quantitative estimate of drug-likeness (QED) is 0.778. The van der Waals surface area contributed by atoms with E-state index in [0.29, 0.717) is 26.1 Å². The minimum atomic E-state index is -0.772. The van der Waals surface area contributed by atoms with Gasteiger partial charge >= 0.3 is 5.97 Å². The van der Waals surface area contributed by atoms with Crippen LogP contribution in [-0.2, 0) is 9.59 Å². The molecular formula is C15H27N3O3. The van der Waals surface area contributed by atoms with Crippen LogP contribution in [0.15, 0.2) is 0 Å². The molecule has 0 saturated carbocycles. The van der Waals surface area contributed by atoms with Gasteiger partial charge in [0, 0.05) is 26.2 Å². The molecule has 120 valence electrons. The first-order valence-corrected chi connectivity index (χ1v) is 7.90. The number of nitrogens with one attached hydrogen (secondary N) is 1. The Morgan fingerprint density at radius 3 is 2.62 bits per heavy atom. The van der Waals surface area contributed by atoms with Crippen molar-refractivity contribution in [3.05, 3.63) is 0 Å². The highest BCUT2D eigenvalue weighted by Gasteiger charge is 2.48. The van der Waals surface area contributed by atoms with Gasteiger partial charge in [-0.25, -0.2) is 0 Å². The minimum absolute atomic E-state index is 0.0372. The average molecular weight is 297 g/mol. The lowest BCUT2D eigenvalue weighted by Crippen LogP contribution is -2.44. The molecule has 2 aliphatic heterocycles. The SMILES string of the molecule is CC(C)C1(C(=O)O)CCN(C(=O)CN2CCCNCC2)C1. The smallest absolute Gasteiger partial charge is 0.311 e. The van der Waals surface area contributed by atoms with E-state index in [-0.39, 0.29) is 11.8 Å². The van der Waals surface area contributed by atoms with E-state index < -0.39 is 11.4 Å². The van der Waals surface area contributed by atoms with Gasteiger partial charge in [0.15, 0.2) is 0 Å². The molecule has 1 amide bonds. The maximum atomic E-state index is 12.4. The molecule has 2 heterocycles. The van der Waals surface area contributed by atoms with Gasteiger partial charge in [-0.05, 0) is 31.8 Å². The van der Waals surface area contributed by atoms with E-state index in [9.17, 15) is 14.7 Å². The molecule has 0 aliphatic carbocycles. The highest BCUT2D eigenvalue weighted by molar-refractivity contribution is 5.82.